The predicted molar refractivity (Wildman–Crippen MR) is 105 cm³/mol. The van der Waals surface area contributed by atoms with Crippen LogP contribution >= 0.6 is 11.6 Å². The van der Waals surface area contributed by atoms with Crippen LogP contribution in [0.5, 0.6) is 11.5 Å². The fourth-order valence-electron chi connectivity index (χ4n) is 2.71. The van der Waals surface area contributed by atoms with Crippen molar-refractivity contribution in [2.45, 2.75) is 11.8 Å². The average molecular weight is 426 g/mol. The molecule has 8 heteroatoms. The van der Waals surface area contributed by atoms with Crippen LogP contribution < -0.4 is 4.74 Å². The van der Waals surface area contributed by atoms with Crippen molar-refractivity contribution in [3.63, 3.8) is 0 Å². The zero-order valence-corrected chi connectivity index (χ0v) is 16.8. The number of hydrogen-bond donors (Lipinski definition) is 0. The minimum Gasteiger partial charge on any atom is -0.454 e. The summed E-state index contributed by atoms with van der Waals surface area (Å²) < 4.78 is 57.5. The molecule has 1 aliphatic rings. The van der Waals surface area contributed by atoms with E-state index in [2.05, 4.69) is 0 Å². The van der Waals surface area contributed by atoms with Gasteiger partial charge in [-0.25, -0.2) is 17.2 Å². The second-order valence-corrected chi connectivity index (χ2v) is 8.96. The van der Waals surface area contributed by atoms with E-state index in [1.165, 1.54) is 24.3 Å². The Hall–Kier alpha value is -2.38. The summed E-state index contributed by atoms with van der Waals surface area (Å²) in [4.78, 5) is 1.97. The summed E-state index contributed by atoms with van der Waals surface area (Å²) in [5.41, 5.74) is 0.937. The predicted octanol–water partition coefficient (Wildman–Crippen LogP) is 4.96. The number of hydrogen-bond acceptors (Lipinski definition) is 4. The third kappa shape index (κ3) is 4.20. The first-order valence-electron chi connectivity index (χ1n) is 8.49. The molecule has 1 aliphatic heterocycles. The lowest BCUT2D eigenvalue weighted by atomic mass is 10.0. The Labute approximate surface area is 167 Å². The van der Waals surface area contributed by atoms with E-state index in [9.17, 15) is 17.2 Å². The highest BCUT2D eigenvalue weighted by Gasteiger charge is 2.21. The summed E-state index contributed by atoms with van der Waals surface area (Å²) in [6.45, 7) is 2.14. The SMILES string of the molecule is CCS(=O)(=O)c1ccc(Oc2ccc(F)cc2F)c(C2=CN(C)CC=C2Cl)c1. The van der Waals surface area contributed by atoms with Gasteiger partial charge in [0.2, 0.25) is 0 Å². The zero-order chi connectivity index (χ0) is 20.5. The van der Waals surface area contributed by atoms with Crippen molar-refractivity contribution in [3.05, 3.63) is 70.9 Å². The molecule has 2 aromatic rings. The second kappa shape index (κ2) is 7.93. The molecule has 0 saturated carbocycles. The van der Waals surface area contributed by atoms with Crippen LogP contribution in [0.15, 0.2) is 58.6 Å². The van der Waals surface area contributed by atoms with Crippen LogP contribution in [0.1, 0.15) is 12.5 Å². The van der Waals surface area contributed by atoms with Gasteiger partial charge in [0.1, 0.15) is 11.6 Å². The Bertz CT molecular complexity index is 1080. The lowest BCUT2D eigenvalue weighted by Gasteiger charge is -2.22. The van der Waals surface area contributed by atoms with Crippen molar-refractivity contribution < 1.29 is 21.9 Å². The minimum absolute atomic E-state index is 0.0677. The van der Waals surface area contributed by atoms with E-state index in [0.29, 0.717) is 28.8 Å². The molecule has 1 heterocycles. The molecular weight excluding hydrogens is 408 g/mol. The van der Waals surface area contributed by atoms with Crippen LogP contribution in [0.4, 0.5) is 8.78 Å². The number of ether oxygens (including phenoxy) is 1. The van der Waals surface area contributed by atoms with Crippen LogP contribution in [-0.2, 0) is 9.84 Å². The van der Waals surface area contributed by atoms with Gasteiger partial charge in [-0.2, -0.15) is 0 Å². The molecule has 4 nitrogen and oxygen atoms in total. The molecule has 2 aromatic carbocycles. The summed E-state index contributed by atoms with van der Waals surface area (Å²) in [5, 5.41) is 0.425. The lowest BCUT2D eigenvalue weighted by Crippen LogP contribution is -2.15. The van der Waals surface area contributed by atoms with Gasteiger partial charge in [0.05, 0.1) is 10.6 Å². The molecule has 0 aromatic heterocycles. The Balaban J connectivity index is 2.15. The maximum Gasteiger partial charge on any atom is 0.178 e. The van der Waals surface area contributed by atoms with Crippen LogP contribution in [0.25, 0.3) is 5.57 Å². The summed E-state index contributed by atoms with van der Waals surface area (Å²) in [6, 6.07) is 7.25. The van der Waals surface area contributed by atoms with Crippen LogP contribution in [-0.4, -0.2) is 32.7 Å². The molecule has 0 saturated heterocycles. The normalized spacial score (nSPS) is 14.5. The maximum atomic E-state index is 14.1. The van der Waals surface area contributed by atoms with E-state index in [1.807, 2.05) is 11.9 Å². The van der Waals surface area contributed by atoms with Gasteiger partial charge in [0.15, 0.2) is 21.4 Å². The number of likely N-dealkylation sites (N-methyl/N-ethyl adjacent to an activating group) is 1. The fourth-order valence-corrected chi connectivity index (χ4v) is 3.84. The molecule has 0 atom stereocenters. The third-order valence-electron chi connectivity index (χ3n) is 4.26. The van der Waals surface area contributed by atoms with Gasteiger partial charge in [-0.15, -0.1) is 0 Å². The zero-order valence-electron chi connectivity index (χ0n) is 15.2. The van der Waals surface area contributed by atoms with Crippen molar-refractivity contribution in [1.29, 1.82) is 0 Å². The van der Waals surface area contributed by atoms with Crippen LogP contribution in [0.3, 0.4) is 0 Å². The van der Waals surface area contributed by atoms with E-state index >= 15 is 0 Å². The van der Waals surface area contributed by atoms with Crippen LogP contribution in [0.2, 0.25) is 0 Å². The molecule has 0 radical (unpaired) electrons. The van der Waals surface area contributed by atoms with E-state index in [0.717, 1.165) is 6.07 Å². The van der Waals surface area contributed by atoms with E-state index in [-0.39, 0.29) is 22.1 Å². The van der Waals surface area contributed by atoms with Gasteiger partial charge in [-0.05, 0) is 36.4 Å². The fraction of sp³-hybridized carbons (Fsp3) is 0.200. The van der Waals surface area contributed by atoms with Gasteiger partial charge >= 0.3 is 0 Å². The number of nitrogens with zero attached hydrogens (tertiary/aromatic N) is 1. The number of sulfone groups is 1. The van der Waals surface area contributed by atoms with E-state index in [4.69, 9.17) is 16.3 Å². The van der Waals surface area contributed by atoms with Crippen molar-refractivity contribution in [2.75, 3.05) is 19.3 Å². The Morgan fingerprint density at radius 2 is 1.86 bits per heavy atom. The first kappa shape index (κ1) is 20.4. The summed E-state index contributed by atoms with van der Waals surface area (Å²) >= 11 is 6.35. The second-order valence-electron chi connectivity index (χ2n) is 6.27. The maximum absolute atomic E-state index is 14.1. The number of halogens is 3. The van der Waals surface area contributed by atoms with Gasteiger partial charge in [0, 0.05) is 42.0 Å². The molecular formula is C20H18ClF2NO3S. The molecule has 148 valence electrons. The highest BCUT2D eigenvalue weighted by atomic mass is 35.5. The minimum atomic E-state index is -3.48. The Morgan fingerprint density at radius 3 is 2.54 bits per heavy atom. The quantitative estimate of drug-likeness (QED) is 0.679. The molecule has 0 N–H and O–H groups in total. The Morgan fingerprint density at radius 1 is 1.14 bits per heavy atom. The molecule has 0 bridgehead atoms. The molecule has 0 amide bonds. The van der Waals surface area contributed by atoms with Gasteiger partial charge in [0.25, 0.3) is 0 Å². The molecule has 3 rings (SSSR count). The van der Waals surface area contributed by atoms with E-state index < -0.39 is 21.5 Å². The molecule has 0 unspecified atom stereocenters. The Kier molecular flexibility index (Phi) is 5.76. The number of allylic oxidation sites excluding steroid dienone is 2. The van der Waals surface area contributed by atoms with Gasteiger partial charge < -0.3 is 9.64 Å². The summed E-state index contributed by atoms with van der Waals surface area (Å²) in [7, 11) is -1.64. The largest absolute Gasteiger partial charge is 0.454 e. The first-order valence-corrected chi connectivity index (χ1v) is 10.5. The highest BCUT2D eigenvalue weighted by Crippen LogP contribution is 2.39. The summed E-state index contributed by atoms with van der Waals surface area (Å²) in [5.74, 6) is -1.64. The number of benzene rings is 2. The van der Waals surface area contributed by atoms with Crippen molar-refractivity contribution >= 4 is 27.0 Å². The monoisotopic (exact) mass is 425 g/mol. The lowest BCUT2D eigenvalue weighted by molar-refractivity contribution is 0.436. The van der Waals surface area contributed by atoms with E-state index in [1.54, 1.807) is 19.2 Å². The third-order valence-corrected chi connectivity index (χ3v) is 6.35. The first-order chi connectivity index (χ1) is 13.2. The molecule has 28 heavy (non-hydrogen) atoms. The summed E-state index contributed by atoms with van der Waals surface area (Å²) in [6.07, 6.45) is 3.54. The van der Waals surface area contributed by atoms with Crippen molar-refractivity contribution in [3.8, 4) is 11.5 Å². The average Bonchev–Trinajstić information content (AvgIpc) is 2.66. The van der Waals surface area contributed by atoms with Gasteiger partial charge in [-0.3, -0.25) is 0 Å². The van der Waals surface area contributed by atoms with Crippen molar-refractivity contribution in [2.24, 2.45) is 0 Å². The van der Waals surface area contributed by atoms with Crippen molar-refractivity contribution in [1.82, 2.24) is 4.90 Å². The topological polar surface area (TPSA) is 46.6 Å². The van der Waals surface area contributed by atoms with Gasteiger partial charge in [-0.1, -0.05) is 18.5 Å². The standard InChI is InChI=1S/C20H18ClF2NO3S/c1-3-28(25,26)14-5-7-19(27-20-6-4-13(22)10-18(20)23)15(11-14)16-12-24(2)9-8-17(16)21/h4-8,10-12H,3,9H2,1-2H3. The highest BCUT2D eigenvalue weighted by molar-refractivity contribution is 7.91. The molecule has 0 spiro atoms. The smallest absolute Gasteiger partial charge is 0.178 e. The molecule has 0 fully saturated rings. The molecule has 0 aliphatic carbocycles. The van der Waals surface area contributed by atoms with Crippen LogP contribution in [0, 0.1) is 11.6 Å². The number of rotatable bonds is 5.